The summed E-state index contributed by atoms with van der Waals surface area (Å²) in [7, 11) is 0. The SMILES string of the molecule is O=C(N[C@@H]1CCOC1)c1c(O)c2ncc(Cc3ccc(F)cc3)cc2n(CCN2CCCCC2=O)c1=O. The van der Waals surface area contributed by atoms with E-state index in [-0.39, 0.29) is 35.4 Å². The molecule has 2 aliphatic heterocycles. The van der Waals surface area contributed by atoms with Gasteiger partial charge in [0.1, 0.15) is 16.9 Å². The molecule has 0 saturated carbocycles. The van der Waals surface area contributed by atoms with Crippen LogP contribution in [0.15, 0.2) is 41.3 Å². The predicted molar refractivity (Wildman–Crippen MR) is 134 cm³/mol. The summed E-state index contributed by atoms with van der Waals surface area (Å²) in [5, 5.41) is 13.8. The van der Waals surface area contributed by atoms with Gasteiger partial charge in [0.25, 0.3) is 11.5 Å². The number of amides is 2. The van der Waals surface area contributed by atoms with Gasteiger partial charge in [0.05, 0.1) is 18.2 Å². The number of pyridine rings is 2. The average Bonchev–Trinajstić information content (AvgIpc) is 3.39. The van der Waals surface area contributed by atoms with Crippen molar-refractivity contribution in [1.82, 2.24) is 19.8 Å². The van der Waals surface area contributed by atoms with Gasteiger partial charge in [0, 0.05) is 38.9 Å². The minimum Gasteiger partial charge on any atom is -0.505 e. The molecule has 5 rings (SSSR count). The minimum absolute atomic E-state index is 0.0386. The lowest BCUT2D eigenvalue weighted by Gasteiger charge is -2.27. The zero-order valence-electron chi connectivity index (χ0n) is 20.4. The lowest BCUT2D eigenvalue weighted by Crippen LogP contribution is -2.41. The van der Waals surface area contributed by atoms with Crippen LogP contribution in [-0.4, -0.2) is 63.7 Å². The number of benzene rings is 1. The molecule has 37 heavy (non-hydrogen) atoms. The third-order valence-electron chi connectivity index (χ3n) is 6.96. The molecule has 1 aromatic carbocycles. The van der Waals surface area contributed by atoms with Crippen LogP contribution in [-0.2, 0) is 22.5 Å². The standard InChI is InChI=1S/C27H29FN4O5/c28-19-6-4-17(5-7-19)13-18-14-21-24(29-15-18)25(34)23(26(35)30-20-8-12-37-16-20)27(36)32(21)11-10-31-9-2-1-3-22(31)33/h4-7,14-15,20,34H,1-3,8-13,16H2,(H,30,35)/t20-/m1/s1. The summed E-state index contributed by atoms with van der Waals surface area (Å²) in [6.07, 6.45) is 4.86. The Labute approximate surface area is 212 Å². The van der Waals surface area contributed by atoms with Crippen LogP contribution < -0.4 is 10.9 Å². The van der Waals surface area contributed by atoms with E-state index in [1.54, 1.807) is 29.3 Å². The first kappa shape index (κ1) is 24.9. The van der Waals surface area contributed by atoms with Crippen LogP contribution in [0.2, 0.25) is 0 Å². The number of aromatic nitrogens is 2. The summed E-state index contributed by atoms with van der Waals surface area (Å²) in [4.78, 5) is 45.2. The van der Waals surface area contributed by atoms with Crippen molar-refractivity contribution in [1.29, 1.82) is 0 Å². The van der Waals surface area contributed by atoms with Crippen molar-refractivity contribution in [2.75, 3.05) is 26.3 Å². The van der Waals surface area contributed by atoms with Crippen LogP contribution in [0, 0.1) is 5.82 Å². The summed E-state index contributed by atoms with van der Waals surface area (Å²) < 4.78 is 20.0. The molecule has 2 N–H and O–H groups in total. The second-order valence-electron chi connectivity index (χ2n) is 9.57. The number of nitrogens with zero attached hydrogens (tertiary/aromatic N) is 3. The number of hydrogen-bond donors (Lipinski definition) is 2. The van der Waals surface area contributed by atoms with E-state index in [9.17, 15) is 23.9 Å². The van der Waals surface area contributed by atoms with E-state index < -0.39 is 17.2 Å². The molecule has 0 unspecified atom stereocenters. The van der Waals surface area contributed by atoms with Crippen molar-refractivity contribution in [3.63, 3.8) is 0 Å². The Bertz CT molecular complexity index is 1380. The van der Waals surface area contributed by atoms with E-state index in [1.807, 2.05) is 0 Å². The molecule has 2 amide bonds. The molecule has 2 aliphatic rings. The Balaban J connectivity index is 1.54. The van der Waals surface area contributed by atoms with Gasteiger partial charge in [-0.25, -0.2) is 4.39 Å². The van der Waals surface area contributed by atoms with Crippen LogP contribution in [0.4, 0.5) is 4.39 Å². The second kappa shape index (κ2) is 10.7. The molecular weight excluding hydrogens is 479 g/mol. The zero-order chi connectivity index (χ0) is 25.9. The molecule has 3 aromatic rings. The predicted octanol–water partition coefficient (Wildman–Crippen LogP) is 2.36. The average molecular weight is 509 g/mol. The number of rotatable bonds is 7. The van der Waals surface area contributed by atoms with Gasteiger partial charge in [-0.1, -0.05) is 12.1 Å². The topological polar surface area (TPSA) is 114 Å². The molecule has 1 atom stereocenters. The Hall–Kier alpha value is -3.79. The monoisotopic (exact) mass is 508 g/mol. The zero-order valence-corrected chi connectivity index (χ0v) is 20.4. The van der Waals surface area contributed by atoms with Crippen molar-refractivity contribution in [2.45, 2.75) is 44.7 Å². The maximum Gasteiger partial charge on any atom is 0.267 e. The fourth-order valence-corrected chi connectivity index (χ4v) is 4.93. The van der Waals surface area contributed by atoms with E-state index in [1.165, 1.54) is 16.7 Å². The van der Waals surface area contributed by atoms with Gasteiger partial charge in [-0.3, -0.25) is 19.4 Å². The minimum atomic E-state index is -0.681. The van der Waals surface area contributed by atoms with E-state index in [0.717, 1.165) is 24.0 Å². The van der Waals surface area contributed by atoms with Gasteiger partial charge in [0.15, 0.2) is 5.75 Å². The smallest absolute Gasteiger partial charge is 0.267 e. The maximum absolute atomic E-state index is 13.6. The molecule has 10 heteroatoms. The van der Waals surface area contributed by atoms with Gasteiger partial charge >= 0.3 is 0 Å². The number of ether oxygens (including phenoxy) is 1. The third kappa shape index (κ3) is 5.34. The molecule has 0 radical (unpaired) electrons. The van der Waals surface area contributed by atoms with Gasteiger partial charge in [0.2, 0.25) is 5.91 Å². The number of carbonyl (C=O) groups is 2. The molecule has 9 nitrogen and oxygen atoms in total. The largest absolute Gasteiger partial charge is 0.505 e. The lowest BCUT2D eigenvalue weighted by atomic mass is 10.0. The Morgan fingerprint density at radius 3 is 2.70 bits per heavy atom. The van der Waals surface area contributed by atoms with E-state index in [4.69, 9.17) is 4.74 Å². The lowest BCUT2D eigenvalue weighted by molar-refractivity contribution is -0.133. The number of fused-ring (bicyclic) bond motifs is 1. The van der Waals surface area contributed by atoms with Crippen molar-refractivity contribution in [2.24, 2.45) is 0 Å². The summed E-state index contributed by atoms with van der Waals surface area (Å²) in [5.74, 6) is -1.45. The van der Waals surface area contributed by atoms with Crippen molar-refractivity contribution in [3.05, 3.63) is 69.4 Å². The quantitative estimate of drug-likeness (QED) is 0.507. The van der Waals surface area contributed by atoms with Gasteiger partial charge in [-0.15, -0.1) is 0 Å². The molecule has 4 heterocycles. The Morgan fingerprint density at radius 2 is 1.97 bits per heavy atom. The van der Waals surface area contributed by atoms with E-state index >= 15 is 0 Å². The molecule has 2 saturated heterocycles. The van der Waals surface area contributed by atoms with Crippen LogP contribution in [0.25, 0.3) is 11.0 Å². The highest BCUT2D eigenvalue weighted by Gasteiger charge is 2.27. The number of carbonyl (C=O) groups excluding carboxylic acids is 2. The van der Waals surface area contributed by atoms with Gasteiger partial charge in [-0.05, 0) is 55.0 Å². The van der Waals surface area contributed by atoms with Crippen molar-refractivity contribution >= 4 is 22.8 Å². The second-order valence-corrected chi connectivity index (χ2v) is 9.57. The highest BCUT2D eigenvalue weighted by molar-refractivity contribution is 6.01. The number of nitrogens with one attached hydrogen (secondary N) is 1. The summed E-state index contributed by atoms with van der Waals surface area (Å²) in [6.45, 7) is 1.93. The maximum atomic E-state index is 13.6. The van der Waals surface area contributed by atoms with Crippen LogP contribution in [0.3, 0.4) is 0 Å². The molecule has 0 bridgehead atoms. The molecular formula is C27H29FN4O5. The molecule has 2 aromatic heterocycles. The van der Waals surface area contributed by atoms with E-state index in [0.29, 0.717) is 51.1 Å². The Morgan fingerprint density at radius 1 is 1.16 bits per heavy atom. The Kier molecular flexibility index (Phi) is 7.18. The summed E-state index contributed by atoms with van der Waals surface area (Å²) >= 11 is 0. The molecule has 2 fully saturated rings. The number of aromatic hydroxyl groups is 1. The molecule has 194 valence electrons. The van der Waals surface area contributed by atoms with Crippen LogP contribution in [0.5, 0.6) is 5.75 Å². The van der Waals surface area contributed by atoms with Crippen LogP contribution >= 0.6 is 0 Å². The first-order valence-corrected chi connectivity index (χ1v) is 12.6. The first-order valence-electron chi connectivity index (χ1n) is 12.6. The number of likely N-dealkylation sites (tertiary alicyclic amines) is 1. The van der Waals surface area contributed by atoms with E-state index in [2.05, 4.69) is 10.3 Å². The van der Waals surface area contributed by atoms with Crippen molar-refractivity contribution < 1.29 is 23.8 Å². The highest BCUT2D eigenvalue weighted by atomic mass is 19.1. The van der Waals surface area contributed by atoms with Crippen LogP contribution in [0.1, 0.15) is 47.2 Å². The number of halogens is 1. The highest BCUT2D eigenvalue weighted by Crippen LogP contribution is 2.26. The number of hydrogen-bond acceptors (Lipinski definition) is 6. The molecule has 0 spiro atoms. The number of piperidine rings is 1. The first-order chi connectivity index (χ1) is 17.9. The fraction of sp³-hybridized carbons (Fsp3) is 0.407. The summed E-state index contributed by atoms with van der Waals surface area (Å²) in [5.41, 5.74) is 1.08. The molecule has 0 aliphatic carbocycles. The van der Waals surface area contributed by atoms with Gasteiger partial charge in [-0.2, -0.15) is 0 Å². The van der Waals surface area contributed by atoms with Gasteiger partial charge < -0.3 is 24.6 Å². The summed E-state index contributed by atoms with van der Waals surface area (Å²) in [6, 6.07) is 7.60. The third-order valence-corrected chi connectivity index (χ3v) is 6.96. The van der Waals surface area contributed by atoms with Crippen molar-refractivity contribution in [3.8, 4) is 5.75 Å². The fourth-order valence-electron chi connectivity index (χ4n) is 4.93. The normalized spacial score (nSPS) is 17.9.